The van der Waals surface area contributed by atoms with Crippen molar-refractivity contribution in [2.75, 3.05) is 0 Å². The first kappa shape index (κ1) is 14.8. The van der Waals surface area contributed by atoms with E-state index in [0.717, 1.165) is 32.7 Å². The summed E-state index contributed by atoms with van der Waals surface area (Å²) in [6.07, 6.45) is 0. The molecular weight excluding hydrogens is 460 g/mol. The molecule has 0 spiro atoms. The number of hydrogen-bond donors (Lipinski definition) is 0. The molecule has 178 valence electrons. The summed E-state index contributed by atoms with van der Waals surface area (Å²) in [7, 11) is 0. The lowest BCUT2D eigenvalue weighted by atomic mass is 9.85. The first-order valence-electron chi connectivity index (χ1n) is 16.5. The lowest BCUT2D eigenvalue weighted by Gasteiger charge is -2.18. The second-order valence-electron chi connectivity index (χ2n) is 9.58. The molecule has 0 bridgehead atoms. The fourth-order valence-electron chi connectivity index (χ4n) is 5.64. The zero-order valence-electron chi connectivity index (χ0n) is 28.4. The van der Waals surface area contributed by atoms with E-state index in [2.05, 4.69) is 0 Å². The second-order valence-corrected chi connectivity index (χ2v) is 9.58. The first-order valence-corrected chi connectivity index (χ1v) is 12.5. The molecule has 0 amide bonds. The van der Waals surface area contributed by atoms with Gasteiger partial charge in [-0.15, -0.1) is 0 Å². The Bertz CT molecular complexity index is 2560. The lowest BCUT2D eigenvalue weighted by molar-refractivity contribution is 0.666. The SMILES string of the molecule is [2H]c1c([2H])c([2H])c2c(-c3ccc4oc5c(C)cccc5c4c3)c3c([2H])c([2H])c([2H])c([2H])c3c(-c3ccc4ccccc4c3)c2c1[2H]. The highest BCUT2D eigenvalue weighted by Gasteiger charge is 2.18. The van der Waals surface area contributed by atoms with Gasteiger partial charge in [-0.3, -0.25) is 0 Å². The van der Waals surface area contributed by atoms with Crippen molar-refractivity contribution in [2.45, 2.75) is 6.92 Å². The molecule has 8 rings (SSSR count). The molecule has 1 aromatic heterocycles. The van der Waals surface area contributed by atoms with Crippen molar-refractivity contribution < 1.29 is 15.4 Å². The van der Waals surface area contributed by atoms with Crippen LogP contribution in [0.25, 0.3) is 76.5 Å². The van der Waals surface area contributed by atoms with Crippen LogP contribution in [0.3, 0.4) is 0 Å². The van der Waals surface area contributed by atoms with Crippen LogP contribution in [0.15, 0.2) is 132 Å². The monoisotopic (exact) mass is 492 g/mol. The zero-order chi connectivity index (χ0) is 32.2. The molecule has 0 fully saturated rings. The Labute approximate surface area is 231 Å². The van der Waals surface area contributed by atoms with E-state index < -0.39 is 24.2 Å². The number of aryl methyl sites for hydroxylation is 1. The molecule has 0 unspecified atom stereocenters. The summed E-state index contributed by atoms with van der Waals surface area (Å²) >= 11 is 0. The fourth-order valence-corrected chi connectivity index (χ4v) is 5.64. The first-order chi connectivity index (χ1) is 22.1. The number of hydrogen-bond acceptors (Lipinski definition) is 1. The summed E-state index contributed by atoms with van der Waals surface area (Å²) in [5, 5.41) is 4.30. The van der Waals surface area contributed by atoms with Crippen molar-refractivity contribution in [1.82, 2.24) is 0 Å². The number of para-hydroxylation sites is 1. The molecule has 0 N–H and O–H groups in total. The molecule has 0 aliphatic rings. The minimum absolute atomic E-state index is 0.190. The largest absolute Gasteiger partial charge is 0.456 e. The van der Waals surface area contributed by atoms with Crippen LogP contribution in [0.5, 0.6) is 0 Å². The van der Waals surface area contributed by atoms with E-state index in [-0.39, 0.29) is 45.7 Å². The predicted octanol–water partition coefficient (Wildman–Crippen LogP) is 10.7. The van der Waals surface area contributed by atoms with Crippen LogP contribution in [0.1, 0.15) is 16.5 Å². The van der Waals surface area contributed by atoms with Gasteiger partial charge in [0.05, 0.1) is 11.0 Å². The molecule has 1 heterocycles. The van der Waals surface area contributed by atoms with E-state index in [1.807, 2.05) is 73.7 Å². The van der Waals surface area contributed by atoms with Gasteiger partial charge in [-0.1, -0.05) is 109 Å². The molecule has 1 heteroatoms. The minimum atomic E-state index is -0.422. The molecule has 1 nitrogen and oxygen atoms in total. The Hall–Kier alpha value is -4.88. The van der Waals surface area contributed by atoms with Crippen LogP contribution in [-0.2, 0) is 0 Å². The van der Waals surface area contributed by atoms with Crippen LogP contribution in [0.2, 0.25) is 0 Å². The van der Waals surface area contributed by atoms with Gasteiger partial charge in [0.2, 0.25) is 0 Å². The van der Waals surface area contributed by atoms with Crippen molar-refractivity contribution >= 4 is 54.3 Å². The van der Waals surface area contributed by atoms with Crippen LogP contribution < -0.4 is 0 Å². The van der Waals surface area contributed by atoms with E-state index in [1.54, 1.807) is 12.1 Å². The number of furan rings is 1. The highest BCUT2D eigenvalue weighted by Crippen LogP contribution is 2.45. The van der Waals surface area contributed by atoms with E-state index in [9.17, 15) is 5.48 Å². The van der Waals surface area contributed by atoms with Gasteiger partial charge in [-0.25, -0.2) is 0 Å². The van der Waals surface area contributed by atoms with Gasteiger partial charge in [-0.2, -0.15) is 0 Å². The summed E-state index contributed by atoms with van der Waals surface area (Å²) in [5.74, 6) is 0. The van der Waals surface area contributed by atoms with Gasteiger partial charge < -0.3 is 4.42 Å². The normalized spacial score (nSPS) is 14.8. The Morgan fingerprint density at radius 1 is 0.526 bits per heavy atom. The lowest BCUT2D eigenvalue weighted by Crippen LogP contribution is -1.91. The highest BCUT2D eigenvalue weighted by atomic mass is 16.3. The Morgan fingerprint density at radius 3 is 1.82 bits per heavy atom. The van der Waals surface area contributed by atoms with Gasteiger partial charge in [0.15, 0.2) is 0 Å². The molecule has 8 aromatic rings. The van der Waals surface area contributed by atoms with E-state index >= 15 is 0 Å². The predicted molar refractivity (Wildman–Crippen MR) is 162 cm³/mol. The standard InChI is InChI=1S/C37H24O/c1-23-9-8-16-32-33-22-27(19-20-34(33)38-37(23)32)36-30-14-6-4-12-28(30)35(29-13-5-7-15-31(29)36)26-18-17-24-10-2-3-11-25(24)21-26/h2-22H,1H3/i4D,5D,6D,7D,12D,13D,14D,15D. The summed E-state index contributed by atoms with van der Waals surface area (Å²) in [6, 6.07) is 21.9. The smallest absolute Gasteiger partial charge is 0.138 e. The third-order valence-electron chi connectivity index (χ3n) is 7.40. The molecule has 0 radical (unpaired) electrons. The maximum Gasteiger partial charge on any atom is 0.138 e. The molecule has 0 atom stereocenters. The molecule has 0 aliphatic heterocycles. The molecule has 0 aliphatic carbocycles. The summed E-state index contributed by atoms with van der Waals surface area (Å²) in [4.78, 5) is 0. The average molecular weight is 493 g/mol. The fraction of sp³-hybridized carbons (Fsp3) is 0.0270. The van der Waals surface area contributed by atoms with Crippen molar-refractivity contribution in [2.24, 2.45) is 0 Å². The average Bonchev–Trinajstić information content (AvgIpc) is 3.45. The number of fused-ring (bicyclic) bond motifs is 6. The Morgan fingerprint density at radius 2 is 1.13 bits per heavy atom. The van der Waals surface area contributed by atoms with E-state index in [1.165, 1.54) is 0 Å². The maximum atomic E-state index is 9.19. The molecular formula is C37H24O. The third-order valence-corrected chi connectivity index (χ3v) is 7.40. The third kappa shape index (κ3) is 3.06. The number of rotatable bonds is 2. The zero-order valence-corrected chi connectivity index (χ0v) is 20.4. The molecule has 0 saturated heterocycles. The minimum Gasteiger partial charge on any atom is -0.456 e. The Kier molecular flexibility index (Phi) is 3.13. The summed E-state index contributed by atoms with van der Waals surface area (Å²) in [5.41, 5.74) is 4.13. The van der Waals surface area contributed by atoms with E-state index in [4.69, 9.17) is 9.90 Å². The summed E-state index contributed by atoms with van der Waals surface area (Å²) in [6.45, 7) is 1.96. The quantitative estimate of drug-likeness (QED) is 0.219. The molecule has 0 saturated carbocycles. The highest BCUT2D eigenvalue weighted by molar-refractivity contribution is 6.22. The van der Waals surface area contributed by atoms with Gasteiger partial charge in [0.1, 0.15) is 11.2 Å². The maximum absolute atomic E-state index is 9.19. The van der Waals surface area contributed by atoms with Gasteiger partial charge in [0.25, 0.3) is 0 Å². The van der Waals surface area contributed by atoms with Crippen molar-refractivity contribution in [1.29, 1.82) is 0 Å². The van der Waals surface area contributed by atoms with Crippen molar-refractivity contribution in [3.8, 4) is 22.3 Å². The van der Waals surface area contributed by atoms with Crippen LogP contribution in [-0.4, -0.2) is 0 Å². The van der Waals surface area contributed by atoms with Gasteiger partial charge in [0, 0.05) is 10.8 Å². The van der Waals surface area contributed by atoms with Crippen molar-refractivity contribution in [3.05, 3.63) is 133 Å². The van der Waals surface area contributed by atoms with Gasteiger partial charge >= 0.3 is 0 Å². The molecule has 38 heavy (non-hydrogen) atoms. The van der Waals surface area contributed by atoms with Gasteiger partial charge in [-0.05, 0) is 85.3 Å². The van der Waals surface area contributed by atoms with E-state index in [0.29, 0.717) is 27.8 Å². The summed E-state index contributed by atoms with van der Waals surface area (Å²) < 4.78 is 77.5. The van der Waals surface area contributed by atoms with Crippen molar-refractivity contribution in [3.63, 3.8) is 0 Å². The number of benzene rings is 7. The topological polar surface area (TPSA) is 13.1 Å². The van der Waals surface area contributed by atoms with Crippen LogP contribution in [0.4, 0.5) is 0 Å². The second kappa shape index (κ2) is 8.06. The van der Waals surface area contributed by atoms with Crippen LogP contribution >= 0.6 is 0 Å². The molecule has 7 aromatic carbocycles. The Balaban J connectivity index is 1.65. The van der Waals surface area contributed by atoms with Crippen LogP contribution in [0, 0.1) is 6.92 Å².